The fourth-order valence-electron chi connectivity index (χ4n) is 1.73. The number of carbonyl (C=O) groups is 2. The van der Waals surface area contributed by atoms with Crippen molar-refractivity contribution < 1.29 is 27.9 Å². The minimum Gasteiger partial charge on any atom is -0.480 e. The molecular weight excluding hydrogens is 277 g/mol. The third kappa shape index (κ3) is 4.60. The Kier molecular flexibility index (Phi) is 5.18. The van der Waals surface area contributed by atoms with E-state index in [2.05, 4.69) is 5.32 Å². The van der Waals surface area contributed by atoms with Gasteiger partial charge in [0.25, 0.3) is 5.91 Å². The number of nitrogens with zero attached hydrogens (tertiary/aromatic N) is 1. The van der Waals surface area contributed by atoms with Crippen molar-refractivity contribution in [2.75, 3.05) is 0 Å². The highest BCUT2D eigenvalue weighted by molar-refractivity contribution is 5.95. The molecule has 1 aromatic rings. The average Bonchev–Trinajstić information content (AvgIpc) is 2.73. The number of carboxylic acids is 1. The van der Waals surface area contributed by atoms with Crippen LogP contribution in [0.2, 0.25) is 0 Å². The summed E-state index contributed by atoms with van der Waals surface area (Å²) in [5.41, 5.74) is -0.218. The molecule has 0 unspecified atom stereocenters. The van der Waals surface area contributed by atoms with Crippen LogP contribution >= 0.6 is 0 Å². The van der Waals surface area contributed by atoms with Gasteiger partial charge < -0.3 is 15.0 Å². The normalized spacial score (nSPS) is 13.0. The average molecular weight is 292 g/mol. The van der Waals surface area contributed by atoms with Crippen molar-refractivity contribution in [3.05, 3.63) is 24.0 Å². The summed E-state index contributed by atoms with van der Waals surface area (Å²) in [7, 11) is 0. The van der Waals surface area contributed by atoms with Gasteiger partial charge in [-0.05, 0) is 18.6 Å². The Morgan fingerprint density at radius 2 is 2.10 bits per heavy atom. The molecule has 0 saturated heterocycles. The molecule has 0 spiro atoms. The molecule has 20 heavy (non-hydrogen) atoms. The molecule has 0 saturated carbocycles. The van der Waals surface area contributed by atoms with E-state index in [-0.39, 0.29) is 12.1 Å². The van der Waals surface area contributed by atoms with Crippen molar-refractivity contribution in [2.45, 2.75) is 38.5 Å². The third-order valence-electron chi connectivity index (χ3n) is 2.59. The number of nitrogens with one attached hydrogen (secondary N) is 1. The molecule has 0 aliphatic carbocycles. The standard InChI is InChI=1S/C12H15F3N2O3/c1-2-4-8(11(19)20)16-10(18)9-5-3-6-17(9)7-12(13,14)15/h3,5-6,8H,2,4,7H2,1H3,(H,16,18)(H,19,20)/t8-/m1/s1. The van der Waals surface area contributed by atoms with Crippen LogP contribution in [0.1, 0.15) is 30.3 Å². The molecule has 0 aliphatic heterocycles. The lowest BCUT2D eigenvalue weighted by atomic mass is 10.1. The van der Waals surface area contributed by atoms with Gasteiger partial charge in [0.05, 0.1) is 0 Å². The maximum absolute atomic E-state index is 12.3. The maximum atomic E-state index is 12.3. The lowest BCUT2D eigenvalue weighted by Gasteiger charge is -2.15. The summed E-state index contributed by atoms with van der Waals surface area (Å²) in [6, 6.07) is 1.41. The van der Waals surface area contributed by atoms with Gasteiger partial charge >= 0.3 is 12.1 Å². The van der Waals surface area contributed by atoms with E-state index >= 15 is 0 Å². The van der Waals surface area contributed by atoms with E-state index in [1.54, 1.807) is 6.92 Å². The lowest BCUT2D eigenvalue weighted by molar-refractivity contribution is -0.141. The molecule has 8 heteroatoms. The Morgan fingerprint density at radius 1 is 1.45 bits per heavy atom. The third-order valence-corrected chi connectivity index (χ3v) is 2.59. The lowest BCUT2D eigenvalue weighted by Crippen LogP contribution is -2.41. The first-order chi connectivity index (χ1) is 9.24. The molecule has 0 aromatic carbocycles. The van der Waals surface area contributed by atoms with Gasteiger partial charge in [0.1, 0.15) is 18.3 Å². The van der Waals surface area contributed by atoms with Gasteiger partial charge in [-0.3, -0.25) is 4.79 Å². The highest BCUT2D eigenvalue weighted by Crippen LogP contribution is 2.19. The Labute approximate surface area is 113 Å². The second kappa shape index (κ2) is 6.44. The molecule has 112 valence electrons. The molecule has 1 rings (SSSR count). The van der Waals surface area contributed by atoms with E-state index in [1.807, 2.05) is 0 Å². The van der Waals surface area contributed by atoms with Crippen LogP contribution in [-0.4, -0.2) is 33.8 Å². The molecule has 0 bridgehead atoms. The topological polar surface area (TPSA) is 71.3 Å². The number of amides is 1. The molecule has 1 amide bonds. The van der Waals surface area contributed by atoms with Gasteiger partial charge in [-0.25, -0.2) is 4.79 Å². The molecule has 1 heterocycles. The molecule has 1 atom stereocenters. The van der Waals surface area contributed by atoms with Crippen molar-refractivity contribution in [1.29, 1.82) is 0 Å². The predicted molar refractivity (Wildman–Crippen MR) is 64.3 cm³/mol. The minimum atomic E-state index is -4.45. The predicted octanol–water partition coefficient (Wildman–Crippen LogP) is 2.03. The van der Waals surface area contributed by atoms with Crippen molar-refractivity contribution in [1.82, 2.24) is 9.88 Å². The number of aromatic nitrogens is 1. The smallest absolute Gasteiger partial charge is 0.406 e. The zero-order chi connectivity index (χ0) is 15.3. The number of hydrogen-bond acceptors (Lipinski definition) is 2. The fraction of sp³-hybridized carbons (Fsp3) is 0.500. The first kappa shape index (κ1) is 16.1. The first-order valence-electron chi connectivity index (χ1n) is 6.00. The number of carbonyl (C=O) groups excluding carboxylic acids is 1. The highest BCUT2D eigenvalue weighted by Gasteiger charge is 2.30. The number of hydrogen-bond donors (Lipinski definition) is 2. The Hall–Kier alpha value is -1.99. The van der Waals surface area contributed by atoms with E-state index in [1.165, 1.54) is 12.1 Å². The number of aliphatic carboxylic acids is 1. The van der Waals surface area contributed by atoms with E-state index in [9.17, 15) is 22.8 Å². The summed E-state index contributed by atoms with van der Waals surface area (Å²) >= 11 is 0. The van der Waals surface area contributed by atoms with E-state index in [0.717, 1.165) is 10.8 Å². The van der Waals surface area contributed by atoms with Gasteiger partial charge in [0, 0.05) is 6.20 Å². The molecule has 5 nitrogen and oxygen atoms in total. The Balaban J connectivity index is 2.82. The quantitative estimate of drug-likeness (QED) is 0.842. The minimum absolute atomic E-state index is 0.209. The Morgan fingerprint density at radius 3 is 2.60 bits per heavy atom. The summed E-state index contributed by atoms with van der Waals surface area (Å²) < 4.78 is 37.7. The van der Waals surface area contributed by atoms with Crippen LogP contribution in [-0.2, 0) is 11.3 Å². The number of halogens is 3. The molecule has 1 aromatic heterocycles. The summed E-state index contributed by atoms with van der Waals surface area (Å²) in [4.78, 5) is 22.7. The monoisotopic (exact) mass is 292 g/mol. The van der Waals surface area contributed by atoms with Crippen LogP contribution in [0.15, 0.2) is 18.3 Å². The van der Waals surface area contributed by atoms with Gasteiger partial charge in [-0.15, -0.1) is 0 Å². The van der Waals surface area contributed by atoms with Crippen LogP contribution in [0.25, 0.3) is 0 Å². The number of rotatable bonds is 6. The zero-order valence-corrected chi connectivity index (χ0v) is 10.8. The van der Waals surface area contributed by atoms with Crippen LogP contribution < -0.4 is 5.32 Å². The largest absolute Gasteiger partial charge is 0.480 e. The molecule has 2 N–H and O–H groups in total. The van der Waals surface area contributed by atoms with Crippen LogP contribution in [0.4, 0.5) is 13.2 Å². The zero-order valence-electron chi connectivity index (χ0n) is 10.8. The van der Waals surface area contributed by atoms with Crippen LogP contribution in [0, 0.1) is 0 Å². The van der Waals surface area contributed by atoms with E-state index in [0.29, 0.717) is 6.42 Å². The van der Waals surface area contributed by atoms with Crippen molar-refractivity contribution >= 4 is 11.9 Å². The van der Waals surface area contributed by atoms with E-state index < -0.39 is 30.6 Å². The Bertz CT molecular complexity index is 483. The van der Waals surface area contributed by atoms with Crippen molar-refractivity contribution in [3.8, 4) is 0 Å². The van der Waals surface area contributed by atoms with Gasteiger partial charge in [0.15, 0.2) is 0 Å². The van der Waals surface area contributed by atoms with Gasteiger partial charge in [0.2, 0.25) is 0 Å². The highest BCUT2D eigenvalue weighted by atomic mass is 19.4. The maximum Gasteiger partial charge on any atom is 0.406 e. The molecule has 0 radical (unpaired) electrons. The number of alkyl halides is 3. The van der Waals surface area contributed by atoms with E-state index in [4.69, 9.17) is 5.11 Å². The second-order valence-electron chi connectivity index (χ2n) is 4.29. The molecular formula is C12H15F3N2O3. The second-order valence-corrected chi connectivity index (χ2v) is 4.29. The van der Waals surface area contributed by atoms with Gasteiger partial charge in [-0.2, -0.15) is 13.2 Å². The van der Waals surface area contributed by atoms with Crippen LogP contribution in [0.5, 0.6) is 0 Å². The van der Waals surface area contributed by atoms with Crippen molar-refractivity contribution in [2.24, 2.45) is 0 Å². The summed E-state index contributed by atoms with van der Waals surface area (Å²) in [5, 5.41) is 11.1. The summed E-state index contributed by atoms with van der Waals surface area (Å²) in [5.74, 6) is -2.05. The fourth-order valence-corrected chi connectivity index (χ4v) is 1.73. The molecule has 0 fully saturated rings. The summed E-state index contributed by atoms with van der Waals surface area (Å²) in [6.07, 6.45) is -2.59. The number of carboxylic acid groups (broad SMARTS) is 1. The summed E-state index contributed by atoms with van der Waals surface area (Å²) in [6.45, 7) is 0.447. The van der Waals surface area contributed by atoms with Crippen molar-refractivity contribution in [3.63, 3.8) is 0 Å². The van der Waals surface area contributed by atoms with Gasteiger partial charge in [-0.1, -0.05) is 13.3 Å². The molecule has 0 aliphatic rings. The SMILES string of the molecule is CCC[C@@H](NC(=O)c1cccn1CC(F)(F)F)C(=O)O. The van der Waals surface area contributed by atoms with Crippen LogP contribution in [0.3, 0.4) is 0 Å². The first-order valence-corrected chi connectivity index (χ1v) is 6.00.